The van der Waals surface area contributed by atoms with Crippen molar-refractivity contribution in [3.63, 3.8) is 0 Å². The normalized spacial score (nSPS) is 15.0. The molecule has 0 aliphatic carbocycles. The predicted molar refractivity (Wildman–Crippen MR) is 97.5 cm³/mol. The van der Waals surface area contributed by atoms with Crippen LogP contribution < -0.4 is 23.7 Å². The van der Waals surface area contributed by atoms with Crippen LogP contribution in [0.15, 0.2) is 24.3 Å². The Balaban J connectivity index is 2.01. The van der Waals surface area contributed by atoms with Crippen molar-refractivity contribution >= 4 is 5.97 Å². The molecule has 0 radical (unpaired) electrons. The molecule has 2 aromatic rings. The maximum atomic E-state index is 12.3. The van der Waals surface area contributed by atoms with Crippen LogP contribution in [0.1, 0.15) is 27.6 Å². The van der Waals surface area contributed by atoms with Gasteiger partial charge in [-0.15, -0.1) is 0 Å². The van der Waals surface area contributed by atoms with Crippen LogP contribution in [0.25, 0.3) is 0 Å². The third-order valence-electron chi connectivity index (χ3n) is 4.51. The molecule has 0 fully saturated rings. The number of cyclic esters (lactones) is 1. The Bertz CT molecular complexity index is 835. The number of benzene rings is 2. The minimum absolute atomic E-state index is 0.403. The Kier molecular flexibility index (Phi) is 5.30. The highest BCUT2D eigenvalue weighted by Gasteiger charge is 2.35. The van der Waals surface area contributed by atoms with Crippen LogP contribution in [0.4, 0.5) is 0 Å². The summed E-state index contributed by atoms with van der Waals surface area (Å²) in [5, 5.41) is 0. The number of methoxy groups -OCH3 is 5. The first-order valence-electron chi connectivity index (χ1n) is 8.32. The topological polar surface area (TPSA) is 72.5 Å². The average Bonchev–Trinajstić information content (AvgIpc) is 3.01. The molecule has 1 atom stereocenters. The highest BCUT2D eigenvalue weighted by Crippen LogP contribution is 2.44. The van der Waals surface area contributed by atoms with Gasteiger partial charge in [0.25, 0.3) is 0 Å². The second-order valence-corrected chi connectivity index (χ2v) is 5.92. The molecular formula is C20H22O7. The van der Waals surface area contributed by atoms with Crippen LogP contribution >= 0.6 is 0 Å². The standard InChI is InChI=1S/C20H22O7/c1-22-12-9-13-18(14(10-12)23-2)15(27-20(13)21)6-11-7-16(24-3)19(26-5)17(8-11)25-4/h7-10,15H,6H2,1-5H3. The fourth-order valence-electron chi connectivity index (χ4n) is 3.25. The molecule has 0 bridgehead atoms. The summed E-state index contributed by atoms with van der Waals surface area (Å²) in [7, 11) is 7.75. The van der Waals surface area contributed by atoms with Gasteiger partial charge in [0.1, 0.15) is 17.6 Å². The van der Waals surface area contributed by atoms with Crippen LogP contribution in [-0.2, 0) is 11.2 Å². The van der Waals surface area contributed by atoms with Crippen molar-refractivity contribution in [3.8, 4) is 28.7 Å². The zero-order chi connectivity index (χ0) is 19.6. The molecule has 7 nitrogen and oxygen atoms in total. The summed E-state index contributed by atoms with van der Waals surface area (Å²) >= 11 is 0. The molecule has 0 amide bonds. The number of carbonyl (C=O) groups excluding carboxylic acids is 1. The van der Waals surface area contributed by atoms with Crippen molar-refractivity contribution in [1.82, 2.24) is 0 Å². The van der Waals surface area contributed by atoms with Gasteiger partial charge in [0.2, 0.25) is 5.75 Å². The van der Waals surface area contributed by atoms with Gasteiger partial charge in [-0.3, -0.25) is 0 Å². The fraction of sp³-hybridized carbons (Fsp3) is 0.350. The van der Waals surface area contributed by atoms with Gasteiger partial charge in [-0.25, -0.2) is 4.79 Å². The summed E-state index contributed by atoms with van der Waals surface area (Å²) in [5.41, 5.74) is 2.02. The highest BCUT2D eigenvalue weighted by molar-refractivity contribution is 5.95. The van der Waals surface area contributed by atoms with Crippen LogP contribution in [-0.4, -0.2) is 41.5 Å². The lowest BCUT2D eigenvalue weighted by molar-refractivity contribution is 0.0384. The molecule has 144 valence electrons. The molecule has 2 aromatic carbocycles. The molecule has 0 aromatic heterocycles. The van der Waals surface area contributed by atoms with E-state index in [9.17, 15) is 4.79 Å². The molecule has 0 spiro atoms. The van der Waals surface area contributed by atoms with E-state index < -0.39 is 12.1 Å². The lowest BCUT2D eigenvalue weighted by Crippen LogP contribution is -2.05. The molecule has 1 unspecified atom stereocenters. The van der Waals surface area contributed by atoms with Gasteiger partial charge in [0.15, 0.2) is 11.5 Å². The fourth-order valence-corrected chi connectivity index (χ4v) is 3.25. The van der Waals surface area contributed by atoms with Gasteiger partial charge in [-0.2, -0.15) is 0 Å². The van der Waals surface area contributed by atoms with Crippen LogP contribution in [0.3, 0.4) is 0 Å². The number of rotatable bonds is 7. The zero-order valence-electron chi connectivity index (χ0n) is 16.0. The Morgan fingerprint density at radius 2 is 1.44 bits per heavy atom. The number of hydrogen-bond acceptors (Lipinski definition) is 7. The van der Waals surface area contributed by atoms with E-state index in [4.69, 9.17) is 28.4 Å². The van der Waals surface area contributed by atoms with Crippen LogP contribution in [0.5, 0.6) is 28.7 Å². The molecule has 0 N–H and O–H groups in total. The van der Waals surface area contributed by atoms with Crippen molar-refractivity contribution < 1.29 is 33.2 Å². The first kappa shape index (κ1) is 18.7. The number of carbonyl (C=O) groups is 1. The van der Waals surface area contributed by atoms with E-state index in [1.807, 2.05) is 12.1 Å². The predicted octanol–water partition coefficient (Wildman–Crippen LogP) is 3.18. The summed E-state index contributed by atoms with van der Waals surface area (Å²) in [6.07, 6.45) is -0.0610. The molecule has 1 heterocycles. The van der Waals surface area contributed by atoms with E-state index in [1.54, 1.807) is 40.6 Å². The van der Waals surface area contributed by atoms with E-state index >= 15 is 0 Å². The van der Waals surface area contributed by atoms with Crippen molar-refractivity contribution in [2.45, 2.75) is 12.5 Å². The molecule has 27 heavy (non-hydrogen) atoms. The third kappa shape index (κ3) is 3.32. The molecule has 1 aliphatic heterocycles. The maximum absolute atomic E-state index is 12.3. The second-order valence-electron chi connectivity index (χ2n) is 5.92. The lowest BCUT2D eigenvalue weighted by Gasteiger charge is -2.17. The zero-order valence-corrected chi connectivity index (χ0v) is 16.0. The highest BCUT2D eigenvalue weighted by atomic mass is 16.6. The minimum atomic E-state index is -0.490. The Labute approximate surface area is 157 Å². The van der Waals surface area contributed by atoms with Crippen LogP contribution in [0, 0.1) is 0 Å². The molecule has 1 aliphatic rings. The molecule has 0 saturated heterocycles. The van der Waals surface area contributed by atoms with E-state index in [0.29, 0.717) is 46.3 Å². The number of esters is 1. The van der Waals surface area contributed by atoms with Crippen LogP contribution in [0.2, 0.25) is 0 Å². The molecule has 3 rings (SSSR count). The quantitative estimate of drug-likeness (QED) is 0.689. The van der Waals surface area contributed by atoms with Crippen molar-refractivity contribution in [1.29, 1.82) is 0 Å². The molecule has 0 saturated carbocycles. The van der Waals surface area contributed by atoms with E-state index in [-0.39, 0.29) is 0 Å². The van der Waals surface area contributed by atoms with Crippen molar-refractivity contribution in [3.05, 3.63) is 41.0 Å². The monoisotopic (exact) mass is 374 g/mol. The smallest absolute Gasteiger partial charge is 0.339 e. The molecule has 7 heteroatoms. The second kappa shape index (κ2) is 7.65. The lowest BCUT2D eigenvalue weighted by atomic mass is 9.97. The average molecular weight is 374 g/mol. The van der Waals surface area contributed by atoms with Gasteiger partial charge in [0.05, 0.1) is 41.1 Å². The minimum Gasteiger partial charge on any atom is -0.497 e. The van der Waals surface area contributed by atoms with Gasteiger partial charge in [0, 0.05) is 18.1 Å². The summed E-state index contributed by atoms with van der Waals surface area (Å²) < 4.78 is 32.4. The third-order valence-corrected chi connectivity index (χ3v) is 4.51. The summed E-state index contributed by atoms with van der Waals surface area (Å²) in [4.78, 5) is 12.3. The van der Waals surface area contributed by atoms with Crippen molar-refractivity contribution in [2.75, 3.05) is 35.5 Å². The Hall–Kier alpha value is -3.09. The SMILES string of the molecule is COc1cc(OC)c2c(c1)C(=O)OC2Cc1cc(OC)c(OC)c(OC)c1. The van der Waals surface area contributed by atoms with Crippen molar-refractivity contribution in [2.24, 2.45) is 0 Å². The maximum Gasteiger partial charge on any atom is 0.339 e. The first-order valence-corrected chi connectivity index (χ1v) is 8.32. The van der Waals surface area contributed by atoms with E-state index in [0.717, 1.165) is 5.56 Å². The van der Waals surface area contributed by atoms with Gasteiger partial charge >= 0.3 is 5.97 Å². The van der Waals surface area contributed by atoms with E-state index in [1.165, 1.54) is 7.11 Å². The Morgan fingerprint density at radius 3 is 1.96 bits per heavy atom. The summed E-state index contributed by atoms with van der Waals surface area (Å²) in [6, 6.07) is 7.07. The Morgan fingerprint density at radius 1 is 0.815 bits per heavy atom. The summed E-state index contributed by atoms with van der Waals surface area (Å²) in [5.74, 6) is 2.27. The first-order chi connectivity index (χ1) is 13.1. The van der Waals surface area contributed by atoms with Gasteiger partial charge in [-0.05, 0) is 23.8 Å². The largest absolute Gasteiger partial charge is 0.497 e. The number of fused-ring (bicyclic) bond motifs is 1. The van der Waals surface area contributed by atoms with E-state index in [2.05, 4.69) is 0 Å². The van der Waals surface area contributed by atoms with Gasteiger partial charge in [-0.1, -0.05) is 0 Å². The summed E-state index contributed by atoms with van der Waals surface area (Å²) in [6.45, 7) is 0. The number of ether oxygens (including phenoxy) is 6. The van der Waals surface area contributed by atoms with Gasteiger partial charge < -0.3 is 28.4 Å². The number of hydrogen-bond donors (Lipinski definition) is 0. The molecular weight excluding hydrogens is 352 g/mol.